The second-order valence-electron chi connectivity index (χ2n) is 4.53. The van der Waals surface area contributed by atoms with E-state index in [-0.39, 0.29) is 11.9 Å². The van der Waals surface area contributed by atoms with Gasteiger partial charge in [0.1, 0.15) is 0 Å². The molecule has 0 radical (unpaired) electrons. The SMILES string of the molecule is CC(N)c1cccc(F)c1OCCC1CC1. The van der Waals surface area contributed by atoms with Crippen molar-refractivity contribution in [2.24, 2.45) is 11.7 Å². The molecule has 0 saturated heterocycles. The van der Waals surface area contributed by atoms with Crippen LogP contribution in [0.2, 0.25) is 0 Å². The van der Waals surface area contributed by atoms with Gasteiger partial charge in [-0.15, -0.1) is 0 Å². The fourth-order valence-corrected chi connectivity index (χ4v) is 1.77. The van der Waals surface area contributed by atoms with Gasteiger partial charge in [0.2, 0.25) is 0 Å². The zero-order valence-electron chi connectivity index (χ0n) is 9.58. The van der Waals surface area contributed by atoms with Crippen molar-refractivity contribution >= 4 is 0 Å². The Bertz CT molecular complexity index is 361. The van der Waals surface area contributed by atoms with Crippen molar-refractivity contribution in [3.63, 3.8) is 0 Å². The van der Waals surface area contributed by atoms with Crippen molar-refractivity contribution in [1.29, 1.82) is 0 Å². The van der Waals surface area contributed by atoms with Crippen LogP contribution in [0.15, 0.2) is 18.2 Å². The Morgan fingerprint density at radius 3 is 2.88 bits per heavy atom. The van der Waals surface area contributed by atoms with Gasteiger partial charge in [0.15, 0.2) is 11.6 Å². The number of halogens is 1. The molecule has 2 N–H and O–H groups in total. The molecular weight excluding hydrogens is 205 g/mol. The molecule has 1 unspecified atom stereocenters. The highest BCUT2D eigenvalue weighted by Crippen LogP contribution is 2.33. The highest BCUT2D eigenvalue weighted by Gasteiger charge is 2.21. The minimum atomic E-state index is -0.314. The van der Waals surface area contributed by atoms with Gasteiger partial charge in [0.05, 0.1) is 6.61 Å². The molecule has 0 aromatic heterocycles. The van der Waals surface area contributed by atoms with Crippen LogP contribution in [0.3, 0.4) is 0 Å². The van der Waals surface area contributed by atoms with Crippen molar-refractivity contribution in [3.05, 3.63) is 29.6 Å². The smallest absolute Gasteiger partial charge is 0.165 e. The Morgan fingerprint density at radius 2 is 2.25 bits per heavy atom. The van der Waals surface area contributed by atoms with E-state index in [1.165, 1.54) is 18.9 Å². The van der Waals surface area contributed by atoms with Crippen molar-refractivity contribution in [2.45, 2.75) is 32.2 Å². The predicted octanol–water partition coefficient (Wildman–Crippen LogP) is 3.02. The first-order valence-electron chi connectivity index (χ1n) is 5.85. The van der Waals surface area contributed by atoms with Crippen LogP contribution in [0.4, 0.5) is 4.39 Å². The molecule has 0 amide bonds. The Hall–Kier alpha value is -1.09. The molecule has 1 aromatic rings. The summed E-state index contributed by atoms with van der Waals surface area (Å²) in [6.45, 7) is 2.42. The molecule has 0 spiro atoms. The summed E-state index contributed by atoms with van der Waals surface area (Å²) in [5, 5.41) is 0. The maximum atomic E-state index is 13.6. The van der Waals surface area contributed by atoms with Crippen LogP contribution < -0.4 is 10.5 Å². The summed E-state index contributed by atoms with van der Waals surface area (Å²) in [5.74, 6) is 0.814. The van der Waals surface area contributed by atoms with Gasteiger partial charge >= 0.3 is 0 Å². The van der Waals surface area contributed by atoms with Crippen LogP contribution in [0, 0.1) is 11.7 Å². The zero-order valence-corrected chi connectivity index (χ0v) is 9.58. The second-order valence-corrected chi connectivity index (χ2v) is 4.53. The first kappa shape index (κ1) is 11.4. The predicted molar refractivity (Wildman–Crippen MR) is 61.8 cm³/mol. The number of hydrogen-bond donors (Lipinski definition) is 1. The third-order valence-corrected chi connectivity index (χ3v) is 2.96. The van der Waals surface area contributed by atoms with Crippen molar-refractivity contribution in [3.8, 4) is 5.75 Å². The maximum Gasteiger partial charge on any atom is 0.165 e. The first-order valence-corrected chi connectivity index (χ1v) is 5.85. The van der Waals surface area contributed by atoms with E-state index < -0.39 is 0 Å². The summed E-state index contributed by atoms with van der Waals surface area (Å²) in [6.07, 6.45) is 3.61. The lowest BCUT2D eigenvalue weighted by molar-refractivity contribution is 0.283. The van der Waals surface area contributed by atoms with E-state index in [1.807, 2.05) is 13.0 Å². The molecule has 1 saturated carbocycles. The van der Waals surface area contributed by atoms with E-state index >= 15 is 0 Å². The summed E-state index contributed by atoms with van der Waals surface area (Å²) in [7, 11) is 0. The number of hydrogen-bond acceptors (Lipinski definition) is 2. The van der Waals surface area contributed by atoms with Gasteiger partial charge in [-0.25, -0.2) is 4.39 Å². The highest BCUT2D eigenvalue weighted by atomic mass is 19.1. The Labute approximate surface area is 95.6 Å². The monoisotopic (exact) mass is 223 g/mol. The Morgan fingerprint density at radius 1 is 1.50 bits per heavy atom. The molecule has 1 fully saturated rings. The van der Waals surface area contributed by atoms with E-state index in [4.69, 9.17) is 10.5 Å². The highest BCUT2D eigenvalue weighted by molar-refractivity contribution is 5.36. The largest absolute Gasteiger partial charge is 0.490 e. The second kappa shape index (κ2) is 4.83. The number of ether oxygens (including phenoxy) is 1. The number of nitrogens with two attached hydrogens (primary N) is 1. The van der Waals surface area contributed by atoms with Crippen LogP contribution >= 0.6 is 0 Å². The van der Waals surface area contributed by atoms with E-state index in [2.05, 4.69) is 0 Å². The summed E-state index contributed by atoms with van der Waals surface area (Å²) >= 11 is 0. The minimum Gasteiger partial charge on any atom is -0.490 e. The molecule has 0 aliphatic heterocycles. The zero-order chi connectivity index (χ0) is 11.5. The average molecular weight is 223 g/mol. The van der Waals surface area contributed by atoms with Gasteiger partial charge in [0, 0.05) is 11.6 Å². The van der Waals surface area contributed by atoms with Gasteiger partial charge in [-0.3, -0.25) is 0 Å². The minimum absolute atomic E-state index is 0.202. The molecule has 1 aliphatic carbocycles. The average Bonchev–Trinajstić information content (AvgIpc) is 3.04. The molecule has 0 heterocycles. The Balaban J connectivity index is 2.03. The van der Waals surface area contributed by atoms with E-state index in [1.54, 1.807) is 6.07 Å². The third kappa shape index (κ3) is 2.73. The van der Waals surface area contributed by atoms with Gasteiger partial charge in [-0.2, -0.15) is 0 Å². The molecule has 88 valence electrons. The van der Waals surface area contributed by atoms with E-state index in [0.29, 0.717) is 12.4 Å². The quantitative estimate of drug-likeness (QED) is 0.832. The van der Waals surface area contributed by atoms with Crippen LogP contribution in [0.25, 0.3) is 0 Å². The normalized spacial score (nSPS) is 17.2. The van der Waals surface area contributed by atoms with Crippen LogP contribution in [0.5, 0.6) is 5.75 Å². The van der Waals surface area contributed by atoms with Crippen LogP contribution in [-0.4, -0.2) is 6.61 Å². The summed E-state index contributed by atoms with van der Waals surface area (Å²) in [6, 6.07) is 4.70. The topological polar surface area (TPSA) is 35.2 Å². The van der Waals surface area contributed by atoms with Gasteiger partial charge < -0.3 is 10.5 Å². The van der Waals surface area contributed by atoms with E-state index in [9.17, 15) is 4.39 Å². The first-order chi connectivity index (χ1) is 7.68. The summed E-state index contributed by atoms with van der Waals surface area (Å²) < 4.78 is 19.1. The molecule has 0 bridgehead atoms. The standard InChI is InChI=1S/C13H18FNO/c1-9(15)11-3-2-4-12(14)13(11)16-8-7-10-5-6-10/h2-4,9-10H,5-8,15H2,1H3. The van der Waals surface area contributed by atoms with Gasteiger partial charge in [-0.1, -0.05) is 25.0 Å². The van der Waals surface area contributed by atoms with Crippen molar-refractivity contribution in [2.75, 3.05) is 6.61 Å². The lowest BCUT2D eigenvalue weighted by Gasteiger charge is -2.14. The number of rotatable bonds is 5. The molecule has 3 heteroatoms. The Kier molecular flexibility index (Phi) is 3.44. The summed E-state index contributed by atoms with van der Waals surface area (Å²) in [5.41, 5.74) is 6.53. The molecule has 16 heavy (non-hydrogen) atoms. The molecule has 1 atom stereocenters. The number of benzene rings is 1. The van der Waals surface area contributed by atoms with Gasteiger partial charge in [-0.05, 0) is 25.3 Å². The van der Waals surface area contributed by atoms with Crippen molar-refractivity contribution in [1.82, 2.24) is 0 Å². The molecule has 2 nitrogen and oxygen atoms in total. The van der Waals surface area contributed by atoms with Crippen molar-refractivity contribution < 1.29 is 9.13 Å². The maximum absolute atomic E-state index is 13.6. The van der Waals surface area contributed by atoms with E-state index in [0.717, 1.165) is 17.9 Å². The van der Waals surface area contributed by atoms with Gasteiger partial charge in [0.25, 0.3) is 0 Å². The fraction of sp³-hybridized carbons (Fsp3) is 0.538. The lowest BCUT2D eigenvalue weighted by Crippen LogP contribution is -2.10. The molecule has 1 aromatic carbocycles. The van der Waals surface area contributed by atoms with Crippen LogP contribution in [0.1, 0.15) is 37.8 Å². The lowest BCUT2D eigenvalue weighted by atomic mass is 10.1. The molecular formula is C13H18FNO. The summed E-state index contributed by atoms with van der Waals surface area (Å²) in [4.78, 5) is 0. The molecule has 2 rings (SSSR count). The fourth-order valence-electron chi connectivity index (χ4n) is 1.77. The number of para-hydroxylation sites is 1. The third-order valence-electron chi connectivity index (χ3n) is 2.96. The molecule has 1 aliphatic rings. The van der Waals surface area contributed by atoms with Crippen LogP contribution in [-0.2, 0) is 0 Å².